The van der Waals surface area contributed by atoms with Gasteiger partial charge in [-0.05, 0) is 66.7 Å². The molecule has 0 bridgehead atoms. The van der Waals surface area contributed by atoms with Crippen LogP contribution in [0.4, 0.5) is 5.69 Å². The number of methoxy groups -OCH3 is 1. The molecule has 0 aliphatic rings. The second-order valence-corrected chi connectivity index (χ2v) is 6.81. The standard InChI is InChI=1S/C24H18ClNO4/c1-28-22-12-7-16(15-20(22)25)21-13-14-23(30-21)24(27)26-17-8-10-19(11-9-17)29-18-5-3-2-4-6-18/h2-15H,1H3,(H,26,27). The maximum Gasteiger partial charge on any atom is 0.291 e. The first-order chi connectivity index (χ1) is 14.6. The maximum absolute atomic E-state index is 12.5. The van der Waals surface area contributed by atoms with E-state index in [1.54, 1.807) is 55.6 Å². The zero-order valence-electron chi connectivity index (χ0n) is 16.1. The minimum absolute atomic E-state index is 0.196. The van der Waals surface area contributed by atoms with Gasteiger partial charge in [-0.15, -0.1) is 0 Å². The molecule has 1 N–H and O–H groups in total. The van der Waals surface area contributed by atoms with Crippen molar-refractivity contribution < 1.29 is 18.7 Å². The van der Waals surface area contributed by atoms with Crippen molar-refractivity contribution in [2.75, 3.05) is 12.4 Å². The third kappa shape index (κ3) is 4.47. The molecule has 0 spiro atoms. The summed E-state index contributed by atoms with van der Waals surface area (Å²) in [6.07, 6.45) is 0. The summed E-state index contributed by atoms with van der Waals surface area (Å²) in [5.41, 5.74) is 1.38. The summed E-state index contributed by atoms with van der Waals surface area (Å²) in [5, 5.41) is 3.28. The van der Waals surface area contributed by atoms with E-state index in [-0.39, 0.29) is 11.7 Å². The van der Waals surface area contributed by atoms with Gasteiger partial charge in [0.25, 0.3) is 5.91 Å². The number of furan rings is 1. The van der Waals surface area contributed by atoms with E-state index in [9.17, 15) is 4.79 Å². The topological polar surface area (TPSA) is 60.7 Å². The molecule has 4 rings (SSSR count). The summed E-state index contributed by atoms with van der Waals surface area (Å²) >= 11 is 6.16. The summed E-state index contributed by atoms with van der Waals surface area (Å²) < 4.78 is 16.6. The van der Waals surface area contributed by atoms with E-state index in [0.29, 0.717) is 28.0 Å². The number of amides is 1. The fraction of sp³-hybridized carbons (Fsp3) is 0.0417. The van der Waals surface area contributed by atoms with Gasteiger partial charge in [0.05, 0.1) is 12.1 Å². The highest BCUT2D eigenvalue weighted by molar-refractivity contribution is 6.32. The first kappa shape index (κ1) is 19.6. The fourth-order valence-electron chi connectivity index (χ4n) is 2.86. The van der Waals surface area contributed by atoms with Gasteiger partial charge in [0.15, 0.2) is 5.76 Å². The minimum Gasteiger partial charge on any atom is -0.495 e. The molecule has 0 fully saturated rings. The largest absolute Gasteiger partial charge is 0.495 e. The average molecular weight is 420 g/mol. The number of benzene rings is 3. The van der Waals surface area contributed by atoms with Crippen molar-refractivity contribution in [2.24, 2.45) is 0 Å². The van der Waals surface area contributed by atoms with Crippen molar-refractivity contribution in [1.29, 1.82) is 0 Å². The summed E-state index contributed by atoms with van der Waals surface area (Å²) in [5.74, 6) is 2.38. The van der Waals surface area contributed by atoms with Crippen molar-refractivity contribution in [3.8, 4) is 28.6 Å². The van der Waals surface area contributed by atoms with Crippen molar-refractivity contribution in [1.82, 2.24) is 0 Å². The quantitative estimate of drug-likeness (QED) is 0.380. The predicted octanol–water partition coefficient (Wildman–Crippen LogP) is 6.65. The van der Waals surface area contributed by atoms with Crippen LogP contribution in [0.15, 0.2) is 89.3 Å². The van der Waals surface area contributed by atoms with E-state index < -0.39 is 0 Å². The molecular formula is C24H18ClNO4. The van der Waals surface area contributed by atoms with E-state index in [1.165, 1.54) is 0 Å². The number of anilines is 1. The smallest absolute Gasteiger partial charge is 0.291 e. The molecule has 0 atom stereocenters. The molecule has 1 heterocycles. The number of hydrogen-bond donors (Lipinski definition) is 1. The van der Waals surface area contributed by atoms with E-state index in [1.807, 2.05) is 36.4 Å². The zero-order valence-corrected chi connectivity index (χ0v) is 16.8. The number of halogens is 1. The highest BCUT2D eigenvalue weighted by atomic mass is 35.5. The Bertz CT molecular complexity index is 1150. The fourth-order valence-corrected chi connectivity index (χ4v) is 3.12. The van der Waals surface area contributed by atoms with Gasteiger partial charge in [0.2, 0.25) is 0 Å². The maximum atomic E-state index is 12.5. The summed E-state index contributed by atoms with van der Waals surface area (Å²) in [7, 11) is 1.55. The molecule has 30 heavy (non-hydrogen) atoms. The van der Waals surface area contributed by atoms with Gasteiger partial charge in [0, 0.05) is 11.3 Å². The van der Waals surface area contributed by atoms with Gasteiger partial charge in [0.1, 0.15) is 23.0 Å². The lowest BCUT2D eigenvalue weighted by molar-refractivity contribution is 0.0997. The minimum atomic E-state index is -0.349. The van der Waals surface area contributed by atoms with Crippen LogP contribution in [0.1, 0.15) is 10.6 Å². The number of hydrogen-bond acceptors (Lipinski definition) is 4. The molecule has 0 saturated carbocycles. The first-order valence-electron chi connectivity index (χ1n) is 9.20. The normalized spacial score (nSPS) is 10.5. The van der Waals surface area contributed by atoms with Crippen molar-refractivity contribution in [2.45, 2.75) is 0 Å². The molecule has 0 aliphatic heterocycles. The molecule has 6 heteroatoms. The third-order valence-corrected chi connectivity index (χ3v) is 4.65. The summed E-state index contributed by atoms with van der Waals surface area (Å²) in [4.78, 5) is 12.5. The van der Waals surface area contributed by atoms with E-state index in [2.05, 4.69) is 5.32 Å². The number of carbonyl (C=O) groups excluding carboxylic acids is 1. The number of nitrogens with one attached hydrogen (secondary N) is 1. The summed E-state index contributed by atoms with van der Waals surface area (Å²) in [6.45, 7) is 0. The van der Waals surface area contributed by atoms with Crippen molar-refractivity contribution in [3.63, 3.8) is 0 Å². The molecule has 1 aromatic heterocycles. The molecule has 5 nitrogen and oxygen atoms in total. The second-order valence-electron chi connectivity index (χ2n) is 6.41. The van der Waals surface area contributed by atoms with E-state index >= 15 is 0 Å². The van der Waals surface area contributed by atoms with E-state index in [4.69, 9.17) is 25.5 Å². The monoisotopic (exact) mass is 419 g/mol. The Labute approximate surface area is 178 Å². The Hall–Kier alpha value is -3.70. The van der Waals surface area contributed by atoms with Crippen LogP contribution in [0, 0.1) is 0 Å². The first-order valence-corrected chi connectivity index (χ1v) is 9.58. The molecule has 1 amide bonds. The van der Waals surface area contributed by atoms with Crippen LogP contribution in [-0.4, -0.2) is 13.0 Å². The van der Waals surface area contributed by atoms with Gasteiger partial charge >= 0.3 is 0 Å². The summed E-state index contributed by atoms with van der Waals surface area (Å²) in [6, 6.07) is 25.2. The molecule has 3 aromatic carbocycles. The molecule has 0 aliphatic carbocycles. The van der Waals surface area contributed by atoms with Crippen molar-refractivity contribution in [3.05, 3.63) is 95.7 Å². The molecule has 150 valence electrons. The number of para-hydroxylation sites is 1. The van der Waals surface area contributed by atoms with Crippen LogP contribution < -0.4 is 14.8 Å². The van der Waals surface area contributed by atoms with Gasteiger partial charge in [-0.25, -0.2) is 0 Å². The molecule has 0 radical (unpaired) electrons. The van der Waals surface area contributed by atoms with Crippen molar-refractivity contribution >= 4 is 23.2 Å². The van der Waals surface area contributed by atoms with Gasteiger partial charge < -0.3 is 19.2 Å². The Kier molecular flexibility index (Phi) is 5.72. The van der Waals surface area contributed by atoms with Crippen LogP contribution in [0.2, 0.25) is 5.02 Å². The van der Waals surface area contributed by atoms with Gasteiger partial charge in [-0.1, -0.05) is 29.8 Å². The van der Waals surface area contributed by atoms with Gasteiger partial charge in [-0.2, -0.15) is 0 Å². The number of rotatable bonds is 6. The lowest BCUT2D eigenvalue weighted by Crippen LogP contribution is -2.10. The Morgan fingerprint density at radius 2 is 1.63 bits per heavy atom. The lowest BCUT2D eigenvalue weighted by Gasteiger charge is -2.07. The number of ether oxygens (including phenoxy) is 2. The molecule has 0 unspecified atom stereocenters. The molecule has 0 saturated heterocycles. The van der Waals surface area contributed by atoms with Crippen LogP contribution >= 0.6 is 11.6 Å². The van der Waals surface area contributed by atoms with Crippen LogP contribution in [0.25, 0.3) is 11.3 Å². The van der Waals surface area contributed by atoms with Crippen LogP contribution in [-0.2, 0) is 0 Å². The second kappa shape index (κ2) is 8.76. The highest BCUT2D eigenvalue weighted by Crippen LogP contribution is 2.31. The molecular weight excluding hydrogens is 402 g/mol. The van der Waals surface area contributed by atoms with E-state index in [0.717, 1.165) is 11.3 Å². The predicted molar refractivity (Wildman–Crippen MR) is 117 cm³/mol. The van der Waals surface area contributed by atoms with Crippen LogP contribution in [0.3, 0.4) is 0 Å². The molecule has 4 aromatic rings. The SMILES string of the molecule is COc1ccc(-c2ccc(C(=O)Nc3ccc(Oc4ccccc4)cc3)o2)cc1Cl. The average Bonchev–Trinajstić information content (AvgIpc) is 3.26. The Morgan fingerprint density at radius 3 is 2.33 bits per heavy atom. The Morgan fingerprint density at radius 1 is 0.900 bits per heavy atom. The van der Waals surface area contributed by atoms with Gasteiger partial charge in [-0.3, -0.25) is 4.79 Å². The van der Waals surface area contributed by atoms with Crippen LogP contribution in [0.5, 0.6) is 17.2 Å². The highest BCUT2D eigenvalue weighted by Gasteiger charge is 2.14. The lowest BCUT2D eigenvalue weighted by atomic mass is 10.2. The Balaban J connectivity index is 1.42. The zero-order chi connectivity index (χ0) is 20.9. The third-order valence-electron chi connectivity index (χ3n) is 4.36. The number of carbonyl (C=O) groups is 1.